The number of nitrogens with zero attached hydrogens (tertiary/aromatic N) is 3. The van der Waals surface area contributed by atoms with Crippen LogP contribution >= 0.6 is 0 Å². The van der Waals surface area contributed by atoms with Crippen LogP contribution in [-0.4, -0.2) is 51.3 Å². The van der Waals surface area contributed by atoms with Gasteiger partial charge in [0.25, 0.3) is 11.5 Å². The minimum Gasteiger partial charge on any atom is -0.496 e. The number of amides is 1. The Balaban J connectivity index is 1.60. The first-order chi connectivity index (χ1) is 22.8. The lowest BCUT2D eigenvalue weighted by atomic mass is 9.97. The molecule has 246 valence electrons. The highest BCUT2D eigenvalue weighted by Crippen LogP contribution is 2.41. The molecule has 48 heavy (non-hydrogen) atoms. The smallest absolute Gasteiger partial charge is 0.261 e. The van der Waals surface area contributed by atoms with E-state index in [1.54, 1.807) is 48.9 Å². The molecule has 1 N–H and O–H groups in total. The number of furan rings is 1. The number of sulfonamides is 1. The van der Waals surface area contributed by atoms with Crippen molar-refractivity contribution >= 4 is 43.5 Å². The first-order valence-corrected chi connectivity index (χ1v) is 16.8. The molecule has 6 rings (SSSR count). The predicted octanol–water partition coefficient (Wildman–Crippen LogP) is 6.04. The maximum absolute atomic E-state index is 14.0. The molecule has 0 aliphatic rings. The van der Waals surface area contributed by atoms with Gasteiger partial charge in [0.2, 0.25) is 10.0 Å². The predicted molar refractivity (Wildman–Crippen MR) is 185 cm³/mol. The fourth-order valence-corrected chi connectivity index (χ4v) is 6.30. The summed E-state index contributed by atoms with van der Waals surface area (Å²) in [6.45, 7) is 3.95. The third-order valence-electron chi connectivity index (χ3n) is 8.43. The monoisotopic (exact) mass is 668 g/mol. The molecular formula is C36H33FN4O6S. The van der Waals surface area contributed by atoms with Crippen LogP contribution in [0.25, 0.3) is 44.3 Å². The van der Waals surface area contributed by atoms with Crippen molar-refractivity contribution in [3.05, 3.63) is 111 Å². The number of hydrogen-bond acceptors (Lipinski definition) is 7. The third kappa shape index (κ3) is 5.79. The maximum atomic E-state index is 14.0. The first kappa shape index (κ1) is 32.5. The van der Waals surface area contributed by atoms with Crippen molar-refractivity contribution in [2.24, 2.45) is 0 Å². The molecule has 12 heteroatoms. The van der Waals surface area contributed by atoms with Gasteiger partial charge in [-0.2, -0.15) is 0 Å². The third-order valence-corrected chi connectivity index (χ3v) is 9.62. The Morgan fingerprint density at radius 1 is 1.00 bits per heavy atom. The van der Waals surface area contributed by atoms with E-state index in [1.165, 1.54) is 38.4 Å². The van der Waals surface area contributed by atoms with Crippen molar-refractivity contribution in [2.75, 3.05) is 31.8 Å². The molecule has 0 spiro atoms. The molecule has 0 saturated heterocycles. The Bertz CT molecular complexity index is 2420. The lowest BCUT2D eigenvalue weighted by Crippen LogP contribution is -2.25. The average molecular weight is 669 g/mol. The zero-order valence-corrected chi connectivity index (χ0v) is 28.0. The van der Waals surface area contributed by atoms with E-state index in [-0.39, 0.29) is 34.7 Å². The van der Waals surface area contributed by atoms with Crippen molar-refractivity contribution in [1.29, 1.82) is 0 Å². The number of carbonyl (C=O) groups is 1. The SMILES string of the molecule is CNC(=O)c1c(-c2ccc(F)cc2)oc2cc(N(C)S(C)(=O)=O)c(-c3ccc4nc(C)n(Cc5ccc(C)cc5OC)c(=O)c4c3)cc12. The summed E-state index contributed by atoms with van der Waals surface area (Å²) in [5, 5.41) is 3.36. The Kier molecular flexibility index (Phi) is 8.30. The van der Waals surface area contributed by atoms with E-state index in [1.807, 2.05) is 25.1 Å². The van der Waals surface area contributed by atoms with Crippen molar-refractivity contribution < 1.29 is 26.8 Å². The standard InChI is InChI=1S/C36H33FN4O6S/c1-20-7-8-24(31(15-20)46-5)19-41-21(2)39-29-14-11-23(16-27(29)36(41)43)26-17-28-32(18-30(26)40(4)48(6,44)45)47-34(33(28)35(42)38-3)22-9-12-25(37)13-10-22/h7-18H,19H2,1-6H3,(H,38,42). The van der Waals surface area contributed by atoms with E-state index in [0.717, 1.165) is 21.7 Å². The summed E-state index contributed by atoms with van der Waals surface area (Å²) in [4.78, 5) is 32.0. The Morgan fingerprint density at radius 3 is 2.38 bits per heavy atom. The largest absolute Gasteiger partial charge is 0.496 e. The molecule has 6 aromatic rings. The molecule has 1 amide bonds. The number of rotatable bonds is 8. The Labute approximate surface area is 276 Å². The van der Waals surface area contributed by atoms with E-state index in [4.69, 9.17) is 14.1 Å². The van der Waals surface area contributed by atoms with Crippen molar-refractivity contribution in [2.45, 2.75) is 20.4 Å². The molecule has 0 fully saturated rings. The summed E-state index contributed by atoms with van der Waals surface area (Å²) in [6, 6.07) is 19.6. The summed E-state index contributed by atoms with van der Waals surface area (Å²) >= 11 is 0. The molecular weight excluding hydrogens is 635 g/mol. The van der Waals surface area contributed by atoms with Gasteiger partial charge in [0.05, 0.1) is 42.1 Å². The van der Waals surface area contributed by atoms with E-state index < -0.39 is 21.7 Å². The number of aromatic nitrogens is 2. The molecule has 4 aromatic carbocycles. The van der Waals surface area contributed by atoms with E-state index >= 15 is 0 Å². The second kappa shape index (κ2) is 12.3. The number of anilines is 1. The highest BCUT2D eigenvalue weighted by Gasteiger charge is 2.26. The van der Waals surface area contributed by atoms with Gasteiger partial charge in [-0.3, -0.25) is 18.5 Å². The van der Waals surface area contributed by atoms with Gasteiger partial charge in [-0.05, 0) is 73.5 Å². The Hall–Kier alpha value is -5.49. The second-order valence-electron chi connectivity index (χ2n) is 11.6. The van der Waals surface area contributed by atoms with Gasteiger partial charge in [0.15, 0.2) is 0 Å². The summed E-state index contributed by atoms with van der Waals surface area (Å²) < 4.78 is 53.9. The van der Waals surface area contributed by atoms with Gasteiger partial charge >= 0.3 is 0 Å². The molecule has 0 unspecified atom stereocenters. The zero-order valence-electron chi connectivity index (χ0n) is 27.2. The molecule has 0 aliphatic carbocycles. The van der Waals surface area contributed by atoms with Crippen LogP contribution in [0.4, 0.5) is 10.1 Å². The van der Waals surface area contributed by atoms with Crippen LogP contribution in [0.5, 0.6) is 5.75 Å². The van der Waals surface area contributed by atoms with Crippen LogP contribution in [0.15, 0.2) is 82.0 Å². The van der Waals surface area contributed by atoms with Crippen LogP contribution in [0.1, 0.15) is 27.3 Å². The number of nitrogens with one attached hydrogen (secondary N) is 1. The van der Waals surface area contributed by atoms with Gasteiger partial charge in [-0.15, -0.1) is 0 Å². The summed E-state index contributed by atoms with van der Waals surface area (Å²) in [5.74, 6) is 0.472. The van der Waals surface area contributed by atoms with E-state index in [9.17, 15) is 22.4 Å². The molecule has 2 heterocycles. The number of carbonyl (C=O) groups excluding carboxylic acids is 1. The topological polar surface area (TPSA) is 124 Å². The highest BCUT2D eigenvalue weighted by molar-refractivity contribution is 7.92. The molecule has 0 radical (unpaired) electrons. The molecule has 0 atom stereocenters. The van der Waals surface area contributed by atoms with Gasteiger partial charge in [-0.25, -0.2) is 17.8 Å². The molecule has 0 bridgehead atoms. The first-order valence-electron chi connectivity index (χ1n) is 15.0. The zero-order chi connectivity index (χ0) is 34.5. The van der Waals surface area contributed by atoms with Crippen LogP contribution in [0, 0.1) is 19.7 Å². The van der Waals surface area contributed by atoms with Gasteiger partial charge in [0, 0.05) is 42.2 Å². The van der Waals surface area contributed by atoms with Crippen LogP contribution in [-0.2, 0) is 16.6 Å². The second-order valence-corrected chi connectivity index (χ2v) is 13.6. The lowest BCUT2D eigenvalue weighted by Gasteiger charge is -2.21. The summed E-state index contributed by atoms with van der Waals surface area (Å²) in [5.41, 5.74) is 4.14. The number of fused-ring (bicyclic) bond motifs is 2. The summed E-state index contributed by atoms with van der Waals surface area (Å²) in [7, 11) is 0.717. The average Bonchev–Trinajstić information content (AvgIpc) is 3.44. The van der Waals surface area contributed by atoms with E-state index in [2.05, 4.69) is 5.32 Å². The van der Waals surface area contributed by atoms with Crippen LogP contribution in [0.2, 0.25) is 0 Å². The number of benzene rings is 4. The molecule has 2 aromatic heterocycles. The van der Waals surface area contributed by atoms with Gasteiger partial charge < -0.3 is 14.5 Å². The van der Waals surface area contributed by atoms with Crippen molar-refractivity contribution in [3.8, 4) is 28.2 Å². The number of ether oxygens (including phenoxy) is 1. The quantitative estimate of drug-likeness (QED) is 0.210. The van der Waals surface area contributed by atoms with Gasteiger partial charge in [0.1, 0.15) is 28.7 Å². The lowest BCUT2D eigenvalue weighted by molar-refractivity contribution is 0.0964. The number of halogens is 1. The number of hydrogen-bond donors (Lipinski definition) is 1. The van der Waals surface area contributed by atoms with E-state index in [0.29, 0.717) is 44.6 Å². The minimum absolute atomic E-state index is 0.196. The van der Waals surface area contributed by atoms with Crippen molar-refractivity contribution in [1.82, 2.24) is 14.9 Å². The van der Waals surface area contributed by atoms with Gasteiger partial charge in [-0.1, -0.05) is 18.2 Å². The van der Waals surface area contributed by atoms with Crippen LogP contribution < -0.4 is 19.9 Å². The maximum Gasteiger partial charge on any atom is 0.261 e. The molecule has 10 nitrogen and oxygen atoms in total. The fourth-order valence-electron chi connectivity index (χ4n) is 5.80. The Morgan fingerprint density at radius 2 is 1.71 bits per heavy atom. The minimum atomic E-state index is -3.76. The normalized spacial score (nSPS) is 11.6. The highest BCUT2D eigenvalue weighted by atomic mass is 32.2. The molecule has 0 aliphatic heterocycles. The number of aryl methyl sites for hydroxylation is 2. The summed E-state index contributed by atoms with van der Waals surface area (Å²) in [6.07, 6.45) is 1.08. The van der Waals surface area contributed by atoms with Crippen molar-refractivity contribution in [3.63, 3.8) is 0 Å². The molecule has 0 saturated carbocycles. The fraction of sp³-hybridized carbons (Fsp3) is 0.194. The van der Waals surface area contributed by atoms with Crippen LogP contribution in [0.3, 0.4) is 0 Å². The number of methoxy groups -OCH3 is 1.